The first-order valence-corrected chi connectivity index (χ1v) is 12.5. The van der Waals surface area contributed by atoms with Gasteiger partial charge in [0.05, 0.1) is 13.0 Å². The van der Waals surface area contributed by atoms with Crippen molar-refractivity contribution in [3.8, 4) is 11.8 Å². The van der Waals surface area contributed by atoms with Crippen molar-refractivity contribution in [2.24, 2.45) is 0 Å². The number of carbonyl (C=O) groups is 1. The number of piperidine rings is 1. The highest BCUT2D eigenvalue weighted by Crippen LogP contribution is 2.21. The second kappa shape index (κ2) is 11.9. The van der Waals surface area contributed by atoms with Crippen molar-refractivity contribution in [2.45, 2.75) is 58.1 Å². The molecule has 0 saturated carbocycles. The smallest absolute Gasteiger partial charge is 0.327 e. The molecule has 3 heterocycles. The lowest BCUT2D eigenvalue weighted by molar-refractivity contribution is -0.136. The topological polar surface area (TPSA) is 149 Å². The Balaban J connectivity index is 1.28. The van der Waals surface area contributed by atoms with Crippen LogP contribution in [0.1, 0.15) is 44.6 Å². The number of nitrogens with one attached hydrogen (secondary N) is 1. The Morgan fingerprint density at radius 1 is 1.22 bits per heavy atom. The molecule has 0 unspecified atom stereocenters. The molecule has 11 heteroatoms. The second-order valence-corrected chi connectivity index (χ2v) is 9.10. The average Bonchev–Trinajstić information content (AvgIpc) is 3.16. The van der Waals surface area contributed by atoms with Gasteiger partial charge in [-0.15, -0.1) is 0 Å². The first kappa shape index (κ1) is 25.5. The molecule has 3 aromatic rings. The summed E-state index contributed by atoms with van der Waals surface area (Å²) in [5.41, 5.74) is 7.41. The van der Waals surface area contributed by atoms with Crippen molar-refractivity contribution >= 4 is 23.0 Å². The van der Waals surface area contributed by atoms with Crippen LogP contribution < -0.4 is 20.9 Å². The number of nitrogens with zero attached hydrogens (tertiary/aromatic N) is 4. The third-order valence-electron chi connectivity index (χ3n) is 6.31. The van der Waals surface area contributed by atoms with E-state index >= 15 is 0 Å². The molecule has 1 aliphatic heterocycles. The summed E-state index contributed by atoms with van der Waals surface area (Å²) in [5.74, 6) is 0.0650. The van der Waals surface area contributed by atoms with Gasteiger partial charge < -0.3 is 30.2 Å². The highest BCUT2D eigenvalue weighted by molar-refractivity contribution is 5.81. The monoisotopic (exact) mass is 498 g/mol. The standard InChI is InChI=1S/C25H34N6O5/c1-2-3-14-35-24-28-22(26)21-23(29-24)31(25(34)27-21)11-5-10-30-12-8-18(9-13-30)36-19-7-4-6-17(15-19)16-20(32)33/h4,6-7,15,18H,2-3,5,8-14,16H2,1H3,(H,27,34)(H,32,33)(H2,26,28,29). The van der Waals surface area contributed by atoms with Gasteiger partial charge in [-0.1, -0.05) is 25.5 Å². The summed E-state index contributed by atoms with van der Waals surface area (Å²) in [6, 6.07) is 7.48. The van der Waals surface area contributed by atoms with Crippen molar-refractivity contribution in [1.82, 2.24) is 24.4 Å². The number of carboxylic acids is 1. The first-order valence-electron chi connectivity index (χ1n) is 12.5. The van der Waals surface area contributed by atoms with Gasteiger partial charge in [0.1, 0.15) is 17.4 Å². The third kappa shape index (κ3) is 6.54. The predicted molar refractivity (Wildman–Crippen MR) is 135 cm³/mol. The van der Waals surface area contributed by atoms with Crippen LogP contribution in [0.25, 0.3) is 11.2 Å². The molecule has 2 aromatic heterocycles. The number of fused-ring (bicyclic) bond motifs is 1. The van der Waals surface area contributed by atoms with Gasteiger partial charge in [-0.05, 0) is 49.9 Å². The summed E-state index contributed by atoms with van der Waals surface area (Å²) in [5, 5.41) is 8.99. The maximum atomic E-state index is 12.5. The summed E-state index contributed by atoms with van der Waals surface area (Å²) in [4.78, 5) is 37.2. The van der Waals surface area contributed by atoms with Crippen molar-refractivity contribution < 1.29 is 19.4 Å². The number of nitrogen functional groups attached to an aromatic ring is 1. The zero-order valence-electron chi connectivity index (χ0n) is 20.6. The molecule has 1 aliphatic rings. The van der Waals surface area contributed by atoms with Crippen LogP contribution in [0.2, 0.25) is 0 Å². The fraction of sp³-hybridized carbons (Fsp3) is 0.520. The molecule has 1 fully saturated rings. The van der Waals surface area contributed by atoms with Gasteiger partial charge in [0, 0.05) is 19.6 Å². The Hall–Kier alpha value is -3.60. The Morgan fingerprint density at radius 3 is 2.78 bits per heavy atom. The van der Waals surface area contributed by atoms with Crippen LogP contribution in [0.3, 0.4) is 0 Å². The van der Waals surface area contributed by atoms with Gasteiger partial charge in [0.15, 0.2) is 11.5 Å². The highest BCUT2D eigenvalue weighted by Gasteiger charge is 2.21. The lowest BCUT2D eigenvalue weighted by Crippen LogP contribution is -2.39. The summed E-state index contributed by atoms with van der Waals surface area (Å²) in [7, 11) is 0. The van der Waals surface area contributed by atoms with Crippen LogP contribution in [-0.2, 0) is 17.8 Å². The minimum absolute atomic E-state index is 0.0129. The van der Waals surface area contributed by atoms with Crippen LogP contribution in [0, 0.1) is 0 Å². The fourth-order valence-corrected chi connectivity index (χ4v) is 4.41. The molecular weight excluding hydrogens is 464 g/mol. The molecule has 4 rings (SSSR count). The lowest BCUT2D eigenvalue weighted by atomic mass is 10.1. The Labute approximate surface area is 209 Å². The molecule has 0 bridgehead atoms. The number of aryl methyl sites for hydroxylation is 1. The number of carboxylic acid groups (broad SMARTS) is 1. The van der Waals surface area contributed by atoms with Crippen molar-refractivity contribution in [2.75, 3.05) is 32.0 Å². The summed E-state index contributed by atoms with van der Waals surface area (Å²) in [6.07, 6.45) is 4.53. The molecular formula is C25H34N6O5. The fourth-order valence-electron chi connectivity index (χ4n) is 4.41. The molecule has 36 heavy (non-hydrogen) atoms. The maximum Gasteiger partial charge on any atom is 0.327 e. The maximum absolute atomic E-state index is 12.5. The van der Waals surface area contributed by atoms with E-state index in [4.69, 9.17) is 20.3 Å². The number of imidazole rings is 1. The number of aromatic nitrogens is 4. The van der Waals surface area contributed by atoms with Crippen LogP contribution in [-0.4, -0.2) is 67.8 Å². The van der Waals surface area contributed by atoms with Gasteiger partial charge in [0.25, 0.3) is 0 Å². The van der Waals surface area contributed by atoms with E-state index in [2.05, 4.69) is 26.8 Å². The molecule has 1 saturated heterocycles. The van der Waals surface area contributed by atoms with Crippen molar-refractivity contribution in [3.63, 3.8) is 0 Å². The van der Waals surface area contributed by atoms with E-state index in [0.29, 0.717) is 30.1 Å². The van der Waals surface area contributed by atoms with E-state index in [-0.39, 0.29) is 30.0 Å². The molecule has 194 valence electrons. The molecule has 0 amide bonds. The second-order valence-electron chi connectivity index (χ2n) is 9.10. The van der Waals surface area contributed by atoms with E-state index < -0.39 is 5.97 Å². The molecule has 0 spiro atoms. The van der Waals surface area contributed by atoms with Crippen LogP contribution in [0.5, 0.6) is 11.8 Å². The van der Waals surface area contributed by atoms with Gasteiger partial charge in [-0.25, -0.2) is 4.79 Å². The number of hydrogen-bond donors (Lipinski definition) is 3. The number of anilines is 1. The van der Waals surface area contributed by atoms with Gasteiger partial charge in [0.2, 0.25) is 0 Å². The number of rotatable bonds is 12. The number of aliphatic carboxylic acids is 1. The Bertz CT molecular complexity index is 1230. The number of benzene rings is 1. The zero-order chi connectivity index (χ0) is 25.5. The normalized spacial score (nSPS) is 14.8. The molecule has 1 aromatic carbocycles. The number of ether oxygens (including phenoxy) is 2. The molecule has 0 radical (unpaired) electrons. The van der Waals surface area contributed by atoms with E-state index in [1.807, 2.05) is 12.1 Å². The van der Waals surface area contributed by atoms with E-state index in [1.165, 1.54) is 0 Å². The quantitative estimate of drug-likeness (QED) is 0.320. The number of likely N-dealkylation sites (tertiary alicyclic amines) is 1. The van der Waals surface area contributed by atoms with Crippen LogP contribution >= 0.6 is 0 Å². The summed E-state index contributed by atoms with van der Waals surface area (Å²) >= 11 is 0. The van der Waals surface area contributed by atoms with Gasteiger partial charge >= 0.3 is 17.7 Å². The largest absolute Gasteiger partial charge is 0.490 e. The Morgan fingerprint density at radius 2 is 2.03 bits per heavy atom. The van der Waals surface area contributed by atoms with E-state index in [1.54, 1.807) is 16.7 Å². The number of hydrogen-bond acceptors (Lipinski definition) is 8. The summed E-state index contributed by atoms with van der Waals surface area (Å²) < 4.78 is 13.3. The molecule has 0 aliphatic carbocycles. The first-order chi connectivity index (χ1) is 17.4. The van der Waals surface area contributed by atoms with Crippen LogP contribution in [0.4, 0.5) is 5.82 Å². The number of unbranched alkanes of at least 4 members (excludes halogenated alkanes) is 1. The molecule has 0 atom stereocenters. The van der Waals surface area contributed by atoms with Crippen LogP contribution in [0.15, 0.2) is 29.1 Å². The summed E-state index contributed by atoms with van der Waals surface area (Å²) in [6.45, 7) is 5.73. The molecule has 4 N–H and O–H groups in total. The van der Waals surface area contributed by atoms with E-state index in [0.717, 1.165) is 57.3 Å². The minimum Gasteiger partial charge on any atom is -0.490 e. The average molecular weight is 499 g/mol. The molecule has 11 nitrogen and oxygen atoms in total. The van der Waals surface area contributed by atoms with Crippen molar-refractivity contribution in [3.05, 3.63) is 40.3 Å². The third-order valence-corrected chi connectivity index (χ3v) is 6.31. The lowest BCUT2D eigenvalue weighted by Gasteiger charge is -2.32. The van der Waals surface area contributed by atoms with Crippen molar-refractivity contribution in [1.29, 1.82) is 0 Å². The highest BCUT2D eigenvalue weighted by atomic mass is 16.5. The predicted octanol–water partition coefficient (Wildman–Crippen LogP) is 2.44. The number of aromatic amines is 1. The number of H-pyrrole nitrogens is 1. The van der Waals surface area contributed by atoms with E-state index in [9.17, 15) is 9.59 Å². The van der Waals surface area contributed by atoms with Gasteiger partial charge in [-0.3, -0.25) is 9.36 Å². The van der Waals surface area contributed by atoms with Gasteiger partial charge in [-0.2, -0.15) is 9.97 Å². The number of nitrogens with two attached hydrogens (primary N) is 1. The Kier molecular flexibility index (Phi) is 8.42. The zero-order valence-corrected chi connectivity index (χ0v) is 20.6. The minimum atomic E-state index is -0.855. The SMILES string of the molecule is CCCCOc1nc(N)c2[nH]c(=O)n(CCCN3CCC(Oc4cccc(CC(=O)O)c4)CC3)c2n1.